The lowest BCUT2D eigenvalue weighted by molar-refractivity contribution is -0.132. The molecule has 0 radical (unpaired) electrons. The van der Waals surface area contributed by atoms with Crippen LogP contribution >= 0.6 is 0 Å². The molecule has 5 nitrogen and oxygen atoms in total. The predicted octanol–water partition coefficient (Wildman–Crippen LogP) is 3.38. The van der Waals surface area contributed by atoms with E-state index in [1.165, 1.54) is 12.1 Å². The average molecular weight is 386 g/mol. The number of ether oxygens (including phenoxy) is 1. The first-order valence-corrected chi connectivity index (χ1v) is 9.96. The highest BCUT2D eigenvalue weighted by molar-refractivity contribution is 5.93. The van der Waals surface area contributed by atoms with Gasteiger partial charge in [-0.2, -0.15) is 0 Å². The van der Waals surface area contributed by atoms with Gasteiger partial charge in [0.1, 0.15) is 12.0 Å². The van der Waals surface area contributed by atoms with Crippen molar-refractivity contribution in [2.75, 3.05) is 19.8 Å². The van der Waals surface area contributed by atoms with Gasteiger partial charge in [-0.15, -0.1) is 0 Å². The van der Waals surface area contributed by atoms with Crippen molar-refractivity contribution in [2.24, 2.45) is 5.92 Å². The third kappa shape index (κ3) is 3.71. The molecule has 1 N–H and O–H groups in total. The minimum atomic E-state index is -0.867. The highest BCUT2D eigenvalue weighted by Crippen LogP contribution is 2.45. The second kappa shape index (κ2) is 7.68. The van der Waals surface area contributed by atoms with Gasteiger partial charge < -0.3 is 14.7 Å². The van der Waals surface area contributed by atoms with Gasteiger partial charge in [-0.05, 0) is 62.0 Å². The maximum Gasteiger partial charge on any atom is 0.337 e. The molecule has 28 heavy (non-hydrogen) atoms. The van der Waals surface area contributed by atoms with Crippen LogP contribution in [-0.2, 0) is 16.1 Å². The third-order valence-electron chi connectivity index (χ3n) is 5.88. The van der Waals surface area contributed by atoms with E-state index in [0.717, 1.165) is 36.2 Å². The van der Waals surface area contributed by atoms with Crippen LogP contribution in [0.15, 0.2) is 47.2 Å². The molecule has 1 unspecified atom stereocenters. The maximum absolute atomic E-state index is 13.4. The minimum absolute atomic E-state index is 0.0253. The second-order valence-corrected chi connectivity index (χ2v) is 8.02. The molecule has 2 heterocycles. The number of hydrogen-bond donors (Lipinski definition) is 1. The van der Waals surface area contributed by atoms with Crippen LogP contribution in [0.2, 0.25) is 0 Å². The maximum atomic E-state index is 13.4. The van der Waals surface area contributed by atoms with Gasteiger partial charge >= 0.3 is 5.97 Å². The lowest BCUT2D eigenvalue weighted by Crippen LogP contribution is -2.56. The van der Waals surface area contributed by atoms with Crippen LogP contribution in [0.1, 0.15) is 32.3 Å². The van der Waals surface area contributed by atoms with Gasteiger partial charge in [0.05, 0.1) is 18.8 Å². The van der Waals surface area contributed by atoms with Crippen molar-refractivity contribution in [3.63, 3.8) is 0 Å². The van der Waals surface area contributed by atoms with Crippen LogP contribution < -0.4 is 0 Å². The molecule has 1 saturated heterocycles. The number of rotatable bonds is 5. The molecule has 1 aromatic rings. The van der Waals surface area contributed by atoms with Gasteiger partial charge in [0.25, 0.3) is 0 Å². The molecule has 0 bridgehead atoms. The molecule has 0 amide bonds. The number of carbonyl (C=O) groups is 1. The summed E-state index contributed by atoms with van der Waals surface area (Å²) in [5.74, 6) is -0.844. The fourth-order valence-corrected chi connectivity index (χ4v) is 4.33. The molecule has 0 aromatic heterocycles. The smallest absolute Gasteiger partial charge is 0.337 e. The highest BCUT2D eigenvalue weighted by atomic mass is 19.1. The normalized spacial score (nSPS) is 26.4. The number of carboxylic acid groups (broad SMARTS) is 1. The van der Waals surface area contributed by atoms with E-state index in [1.54, 1.807) is 12.1 Å². The van der Waals surface area contributed by atoms with Crippen molar-refractivity contribution in [3.05, 3.63) is 58.6 Å². The topological polar surface area (TPSA) is 53.0 Å². The Morgan fingerprint density at radius 3 is 2.61 bits per heavy atom. The first kappa shape index (κ1) is 19.2. The summed E-state index contributed by atoms with van der Waals surface area (Å²) in [4.78, 5) is 16.7. The standard InChI is InChI=1S/C22H27FN2O3/c1-14-11-19(24-9-10-28-13-15(24)2)25(12-16-3-7-18(23)8-4-16)21(17-5-6-17)20(14)22(26)27/h3-4,7-8,11,15,17,19H,5-6,9-10,12-13H2,1-2H3,(H,26,27)/t15-,19?/m1/s1. The van der Waals surface area contributed by atoms with Crippen molar-refractivity contribution in [1.29, 1.82) is 0 Å². The fourth-order valence-electron chi connectivity index (χ4n) is 4.33. The quantitative estimate of drug-likeness (QED) is 0.841. The Morgan fingerprint density at radius 1 is 1.29 bits per heavy atom. The van der Waals surface area contributed by atoms with Gasteiger partial charge in [0.2, 0.25) is 0 Å². The van der Waals surface area contributed by atoms with E-state index in [9.17, 15) is 14.3 Å². The number of benzene rings is 1. The lowest BCUT2D eigenvalue weighted by Gasteiger charge is -2.47. The van der Waals surface area contributed by atoms with Crippen LogP contribution in [0.25, 0.3) is 0 Å². The van der Waals surface area contributed by atoms with Crippen molar-refractivity contribution in [2.45, 2.75) is 45.4 Å². The summed E-state index contributed by atoms with van der Waals surface area (Å²) in [6.07, 6.45) is 4.08. The number of allylic oxidation sites excluding steroid dienone is 1. The SMILES string of the molecule is CC1=CC(N2CCOC[C@H]2C)N(Cc2ccc(F)cc2)C(C2CC2)=C1C(=O)O. The summed E-state index contributed by atoms with van der Waals surface area (Å²) < 4.78 is 19.0. The molecule has 1 aliphatic carbocycles. The number of halogens is 1. The number of aliphatic carboxylic acids is 1. The summed E-state index contributed by atoms with van der Waals surface area (Å²) in [6, 6.07) is 6.73. The zero-order chi connectivity index (χ0) is 19.8. The van der Waals surface area contributed by atoms with Crippen LogP contribution in [0.5, 0.6) is 0 Å². The summed E-state index contributed by atoms with van der Waals surface area (Å²) in [7, 11) is 0. The fraction of sp³-hybridized carbons (Fsp3) is 0.500. The van der Waals surface area contributed by atoms with Gasteiger partial charge in [0.15, 0.2) is 0 Å². The van der Waals surface area contributed by atoms with E-state index in [1.807, 2.05) is 6.92 Å². The van der Waals surface area contributed by atoms with E-state index in [0.29, 0.717) is 25.3 Å². The molecule has 1 aromatic carbocycles. The van der Waals surface area contributed by atoms with Crippen molar-refractivity contribution in [3.8, 4) is 0 Å². The largest absolute Gasteiger partial charge is 0.478 e. The molecule has 2 fully saturated rings. The van der Waals surface area contributed by atoms with Gasteiger partial charge in [-0.25, -0.2) is 9.18 Å². The number of carboxylic acids is 1. The molecule has 3 aliphatic rings. The molecule has 150 valence electrons. The Hall–Kier alpha value is -2.18. The van der Waals surface area contributed by atoms with Gasteiger partial charge in [-0.1, -0.05) is 12.1 Å². The Morgan fingerprint density at radius 2 is 2.00 bits per heavy atom. The number of hydrogen-bond acceptors (Lipinski definition) is 4. The molecule has 1 saturated carbocycles. The third-order valence-corrected chi connectivity index (χ3v) is 5.88. The van der Waals surface area contributed by atoms with Crippen molar-refractivity contribution < 1.29 is 19.0 Å². The zero-order valence-corrected chi connectivity index (χ0v) is 16.4. The first-order valence-electron chi connectivity index (χ1n) is 9.96. The Bertz CT molecular complexity index is 814. The first-order chi connectivity index (χ1) is 13.5. The number of morpholine rings is 1. The van der Waals surface area contributed by atoms with Crippen LogP contribution in [0, 0.1) is 11.7 Å². The van der Waals surface area contributed by atoms with Crippen LogP contribution in [-0.4, -0.2) is 52.8 Å². The Kier molecular flexibility index (Phi) is 5.25. The second-order valence-electron chi connectivity index (χ2n) is 8.02. The molecule has 6 heteroatoms. The summed E-state index contributed by atoms with van der Waals surface area (Å²) in [6.45, 7) is 6.75. The monoisotopic (exact) mass is 386 g/mol. The van der Waals surface area contributed by atoms with Crippen LogP contribution in [0.4, 0.5) is 4.39 Å². The zero-order valence-electron chi connectivity index (χ0n) is 16.4. The molecule has 2 aliphatic heterocycles. The van der Waals surface area contributed by atoms with E-state index in [4.69, 9.17) is 4.74 Å². The van der Waals surface area contributed by atoms with Crippen molar-refractivity contribution in [1.82, 2.24) is 9.80 Å². The average Bonchev–Trinajstić information content (AvgIpc) is 3.49. The lowest BCUT2D eigenvalue weighted by atomic mass is 9.94. The number of nitrogens with zero attached hydrogens (tertiary/aromatic N) is 2. The van der Waals surface area contributed by atoms with E-state index in [2.05, 4.69) is 22.8 Å². The Balaban J connectivity index is 1.75. The molecule has 4 rings (SSSR count). The summed E-state index contributed by atoms with van der Waals surface area (Å²) >= 11 is 0. The predicted molar refractivity (Wildman–Crippen MR) is 104 cm³/mol. The van der Waals surface area contributed by atoms with Crippen molar-refractivity contribution >= 4 is 5.97 Å². The summed E-state index contributed by atoms with van der Waals surface area (Å²) in [5.41, 5.74) is 3.17. The van der Waals surface area contributed by atoms with E-state index >= 15 is 0 Å². The molecule has 0 spiro atoms. The molecule has 2 atom stereocenters. The van der Waals surface area contributed by atoms with Gasteiger partial charge in [-0.3, -0.25) is 4.90 Å². The van der Waals surface area contributed by atoms with E-state index in [-0.39, 0.29) is 23.9 Å². The molecular weight excluding hydrogens is 359 g/mol. The van der Waals surface area contributed by atoms with Crippen LogP contribution in [0.3, 0.4) is 0 Å². The Labute approximate surface area is 165 Å². The van der Waals surface area contributed by atoms with Gasteiger partial charge in [0, 0.05) is 24.8 Å². The van der Waals surface area contributed by atoms with E-state index < -0.39 is 5.97 Å². The summed E-state index contributed by atoms with van der Waals surface area (Å²) in [5, 5.41) is 9.92. The molecular formula is C22H27FN2O3. The minimum Gasteiger partial charge on any atom is -0.478 e. The highest BCUT2D eigenvalue weighted by Gasteiger charge is 2.42.